The van der Waals surface area contributed by atoms with Crippen molar-refractivity contribution in [3.8, 4) is 11.3 Å². The van der Waals surface area contributed by atoms with Crippen molar-refractivity contribution >= 4 is 21.7 Å². The third-order valence-electron chi connectivity index (χ3n) is 5.31. The van der Waals surface area contributed by atoms with Crippen LogP contribution in [-0.2, 0) is 30.6 Å². The van der Waals surface area contributed by atoms with Crippen molar-refractivity contribution in [2.75, 3.05) is 24.7 Å². The fourth-order valence-corrected chi connectivity index (χ4v) is 5.31. The van der Waals surface area contributed by atoms with Crippen molar-refractivity contribution in [2.24, 2.45) is 0 Å². The summed E-state index contributed by atoms with van der Waals surface area (Å²) in [6.45, 7) is 1.97. The van der Waals surface area contributed by atoms with Crippen molar-refractivity contribution in [2.45, 2.75) is 45.1 Å². The zero-order valence-corrected chi connectivity index (χ0v) is 18.8. The van der Waals surface area contributed by atoms with Crippen LogP contribution in [0.15, 0.2) is 34.9 Å². The van der Waals surface area contributed by atoms with Crippen LogP contribution in [0.3, 0.4) is 0 Å². The van der Waals surface area contributed by atoms with Gasteiger partial charge in [-0.15, -0.1) is 0 Å². The highest BCUT2D eigenvalue weighted by Crippen LogP contribution is 2.23. The molecule has 1 aliphatic heterocycles. The van der Waals surface area contributed by atoms with E-state index in [9.17, 15) is 22.4 Å². The summed E-state index contributed by atoms with van der Waals surface area (Å²) in [6, 6.07) is 5.76. The summed E-state index contributed by atoms with van der Waals surface area (Å²) in [6.07, 6.45) is 3.47. The maximum Gasteiger partial charge on any atom is 0.306 e. The van der Waals surface area contributed by atoms with E-state index in [-0.39, 0.29) is 47.6 Å². The molecule has 1 fully saturated rings. The zero-order valence-electron chi connectivity index (χ0n) is 18.0. The van der Waals surface area contributed by atoms with Crippen LogP contribution in [0, 0.1) is 5.82 Å². The molecule has 0 aliphatic carbocycles. The lowest BCUT2D eigenvalue weighted by atomic mass is 10.2. The van der Waals surface area contributed by atoms with Crippen molar-refractivity contribution < 1.29 is 31.6 Å². The number of aromatic nitrogens is 1. The summed E-state index contributed by atoms with van der Waals surface area (Å²) in [5.41, 5.74) is 0.278. The van der Waals surface area contributed by atoms with Crippen LogP contribution in [0.5, 0.6) is 0 Å². The lowest BCUT2D eigenvalue weighted by Crippen LogP contribution is -2.43. The molecule has 1 aromatic heterocycles. The number of sulfone groups is 1. The Morgan fingerprint density at radius 3 is 2.78 bits per heavy atom. The maximum absolute atomic E-state index is 13.8. The molecule has 3 rings (SSSR count). The number of esters is 1. The van der Waals surface area contributed by atoms with Crippen LogP contribution < -0.4 is 0 Å². The Morgan fingerprint density at radius 2 is 2.09 bits per heavy atom. The highest BCUT2D eigenvalue weighted by molar-refractivity contribution is 7.91. The van der Waals surface area contributed by atoms with Crippen LogP contribution in [0.4, 0.5) is 4.39 Å². The molecular weight excluding hydrogens is 439 g/mol. The Balaban J connectivity index is 1.49. The van der Waals surface area contributed by atoms with E-state index in [1.807, 2.05) is 6.92 Å². The largest absolute Gasteiger partial charge is 0.456 e. The molecule has 0 saturated carbocycles. The number of benzene rings is 1. The van der Waals surface area contributed by atoms with Gasteiger partial charge in [-0.05, 0) is 25.0 Å². The third kappa shape index (κ3) is 6.38. The molecule has 32 heavy (non-hydrogen) atoms. The Kier molecular flexibility index (Phi) is 8.00. The molecule has 0 radical (unpaired) electrons. The van der Waals surface area contributed by atoms with Crippen molar-refractivity contribution in [3.63, 3.8) is 0 Å². The highest BCUT2D eigenvalue weighted by Gasteiger charge is 2.34. The summed E-state index contributed by atoms with van der Waals surface area (Å²) in [4.78, 5) is 30.3. The maximum atomic E-state index is 13.8. The van der Waals surface area contributed by atoms with Gasteiger partial charge in [0, 0.05) is 19.0 Å². The molecule has 1 aliphatic rings. The number of aryl methyl sites for hydroxylation is 1. The molecule has 1 amide bonds. The summed E-state index contributed by atoms with van der Waals surface area (Å²) in [7, 11) is -3.13. The number of ether oxygens (including phenoxy) is 1. The normalized spacial score (nSPS) is 17.2. The first-order valence-corrected chi connectivity index (χ1v) is 12.5. The van der Waals surface area contributed by atoms with E-state index in [1.54, 1.807) is 18.2 Å². The van der Waals surface area contributed by atoms with E-state index in [2.05, 4.69) is 4.98 Å². The van der Waals surface area contributed by atoms with E-state index in [0.717, 1.165) is 12.8 Å². The molecule has 1 atom stereocenters. The Labute approximate surface area is 186 Å². The number of carbonyl (C=O) groups excluding carboxylic acids is 2. The van der Waals surface area contributed by atoms with E-state index < -0.39 is 34.1 Å². The number of unbranched alkanes of at least 4 members (excludes halogenated alkanes) is 1. The molecule has 8 nitrogen and oxygen atoms in total. The van der Waals surface area contributed by atoms with Gasteiger partial charge in [-0.3, -0.25) is 9.59 Å². The Morgan fingerprint density at radius 1 is 1.31 bits per heavy atom. The van der Waals surface area contributed by atoms with Crippen molar-refractivity contribution in [3.05, 3.63) is 42.2 Å². The molecule has 2 aromatic rings. The van der Waals surface area contributed by atoms with Gasteiger partial charge in [-0.25, -0.2) is 17.8 Å². The second-order valence-corrected chi connectivity index (χ2v) is 9.99. The second-order valence-electron chi connectivity index (χ2n) is 7.76. The number of nitrogens with zero attached hydrogens (tertiary/aromatic N) is 2. The van der Waals surface area contributed by atoms with E-state index in [4.69, 9.17) is 9.15 Å². The average Bonchev–Trinajstić information content (AvgIpc) is 3.37. The van der Waals surface area contributed by atoms with E-state index in [1.165, 1.54) is 17.2 Å². The number of hydrogen-bond donors (Lipinski definition) is 0. The summed E-state index contributed by atoms with van der Waals surface area (Å²) in [5, 5.41) is 0. The molecule has 0 N–H and O–H groups in total. The minimum Gasteiger partial charge on any atom is -0.456 e. The first-order chi connectivity index (χ1) is 15.3. The van der Waals surface area contributed by atoms with Gasteiger partial charge in [0.05, 0.1) is 29.7 Å². The number of rotatable bonds is 10. The topological polar surface area (TPSA) is 107 Å². The van der Waals surface area contributed by atoms with Crippen LogP contribution in [0.1, 0.15) is 38.5 Å². The number of carbonyl (C=O) groups is 2. The van der Waals surface area contributed by atoms with Gasteiger partial charge < -0.3 is 14.1 Å². The summed E-state index contributed by atoms with van der Waals surface area (Å²) < 4.78 is 48.0. The lowest BCUT2D eigenvalue weighted by Gasteiger charge is -2.28. The van der Waals surface area contributed by atoms with Gasteiger partial charge in [-0.2, -0.15) is 0 Å². The van der Waals surface area contributed by atoms with Crippen molar-refractivity contribution in [1.29, 1.82) is 0 Å². The predicted molar refractivity (Wildman–Crippen MR) is 115 cm³/mol. The number of oxazole rings is 1. The van der Waals surface area contributed by atoms with E-state index >= 15 is 0 Å². The average molecular weight is 467 g/mol. The smallest absolute Gasteiger partial charge is 0.306 e. The molecular formula is C22H27FN2O6S. The molecule has 0 spiro atoms. The fraction of sp³-hybridized carbons (Fsp3) is 0.500. The molecule has 1 unspecified atom stereocenters. The van der Waals surface area contributed by atoms with Gasteiger partial charge >= 0.3 is 5.97 Å². The van der Waals surface area contributed by atoms with Crippen LogP contribution in [-0.4, -0.2) is 60.9 Å². The zero-order chi connectivity index (χ0) is 23.1. The molecule has 1 saturated heterocycles. The lowest BCUT2D eigenvalue weighted by molar-refractivity contribution is -0.152. The van der Waals surface area contributed by atoms with Crippen LogP contribution >= 0.6 is 0 Å². The molecule has 174 valence electrons. The first kappa shape index (κ1) is 23.9. The van der Waals surface area contributed by atoms with Gasteiger partial charge in [0.25, 0.3) is 5.91 Å². The minimum atomic E-state index is -3.13. The number of hydrogen-bond acceptors (Lipinski definition) is 7. The number of amides is 1. The molecule has 10 heteroatoms. The molecule has 1 aromatic carbocycles. The molecule has 2 heterocycles. The van der Waals surface area contributed by atoms with Crippen LogP contribution in [0.2, 0.25) is 0 Å². The standard InChI is InChI=1S/C22H27FN2O6S/c1-2-3-11-25(16-10-12-32(28,29)15-16)21(26)14-30-22(27)9-8-20-24-13-19(31-20)17-6-4-5-7-18(17)23/h4-7,13,16H,2-3,8-12,14-15H2,1H3. The quantitative estimate of drug-likeness (QED) is 0.496. The Bertz CT molecular complexity index is 1050. The van der Waals surface area contributed by atoms with Gasteiger partial charge in [-0.1, -0.05) is 25.5 Å². The van der Waals surface area contributed by atoms with Gasteiger partial charge in [0.2, 0.25) is 0 Å². The molecule has 0 bridgehead atoms. The van der Waals surface area contributed by atoms with Gasteiger partial charge in [0.15, 0.2) is 28.1 Å². The van der Waals surface area contributed by atoms with E-state index in [0.29, 0.717) is 13.0 Å². The Hall–Kier alpha value is -2.75. The van der Waals surface area contributed by atoms with Crippen LogP contribution in [0.25, 0.3) is 11.3 Å². The first-order valence-electron chi connectivity index (χ1n) is 10.6. The van der Waals surface area contributed by atoms with Crippen molar-refractivity contribution in [1.82, 2.24) is 9.88 Å². The number of halogens is 1. The third-order valence-corrected chi connectivity index (χ3v) is 7.06. The minimum absolute atomic E-state index is 0.0507. The van der Waals surface area contributed by atoms with Gasteiger partial charge in [0.1, 0.15) is 5.82 Å². The monoisotopic (exact) mass is 466 g/mol. The SMILES string of the molecule is CCCCN(C(=O)COC(=O)CCc1ncc(-c2ccccc2F)o1)C1CCS(=O)(=O)C1. The summed E-state index contributed by atoms with van der Waals surface area (Å²) in [5.74, 6) is -0.892. The highest BCUT2D eigenvalue weighted by atomic mass is 32.2. The fourth-order valence-electron chi connectivity index (χ4n) is 3.58. The predicted octanol–water partition coefficient (Wildman–Crippen LogP) is 2.77. The summed E-state index contributed by atoms with van der Waals surface area (Å²) >= 11 is 0. The second kappa shape index (κ2) is 10.7.